The number of piperidine rings is 1. The summed E-state index contributed by atoms with van der Waals surface area (Å²) in [6.45, 7) is 7.15. The number of para-hydroxylation sites is 1. The first-order valence-corrected chi connectivity index (χ1v) is 17.5. The van der Waals surface area contributed by atoms with Crippen molar-refractivity contribution in [3.8, 4) is 11.1 Å². The molecule has 0 atom stereocenters. The third-order valence-electron chi connectivity index (χ3n) is 9.12. The molecule has 1 aliphatic rings. The molecule has 3 amide bonds. The van der Waals surface area contributed by atoms with E-state index in [0.717, 1.165) is 73.4 Å². The lowest BCUT2D eigenvalue weighted by Gasteiger charge is -2.32. The van der Waals surface area contributed by atoms with Crippen LogP contribution in [0.2, 0.25) is 0 Å². The molecule has 1 saturated heterocycles. The summed E-state index contributed by atoms with van der Waals surface area (Å²) in [5.41, 5.74) is 6.28. The summed E-state index contributed by atoms with van der Waals surface area (Å²) in [6.07, 6.45) is 1.86. The first-order chi connectivity index (χ1) is 24.3. The summed E-state index contributed by atoms with van der Waals surface area (Å²) in [4.78, 5) is 44.2. The van der Waals surface area contributed by atoms with Gasteiger partial charge in [-0.2, -0.15) is 0 Å². The van der Waals surface area contributed by atoms with Crippen molar-refractivity contribution in [3.63, 3.8) is 0 Å². The van der Waals surface area contributed by atoms with E-state index in [4.69, 9.17) is 4.74 Å². The van der Waals surface area contributed by atoms with E-state index >= 15 is 0 Å². The molecule has 4 aromatic carbocycles. The Hall–Kier alpha value is -4.99. The number of likely N-dealkylation sites (N-methyl/N-ethyl adjacent to an activating group) is 1. The Morgan fingerprint density at radius 2 is 1.26 bits per heavy atom. The molecule has 262 valence electrons. The van der Waals surface area contributed by atoms with Crippen LogP contribution in [-0.4, -0.2) is 85.5 Å². The van der Waals surface area contributed by atoms with Crippen LogP contribution in [-0.2, 0) is 17.8 Å². The van der Waals surface area contributed by atoms with Crippen molar-refractivity contribution in [3.05, 3.63) is 125 Å². The van der Waals surface area contributed by atoms with Crippen molar-refractivity contribution in [1.29, 1.82) is 0 Å². The Morgan fingerprint density at radius 1 is 0.720 bits per heavy atom. The number of rotatable bonds is 14. The maximum absolute atomic E-state index is 13.1. The highest BCUT2D eigenvalue weighted by Gasteiger charge is 2.23. The van der Waals surface area contributed by atoms with Gasteiger partial charge in [0.2, 0.25) is 0 Å². The molecule has 0 aromatic heterocycles. The molecule has 50 heavy (non-hydrogen) atoms. The summed E-state index contributed by atoms with van der Waals surface area (Å²) in [7, 11) is 3.67. The molecule has 9 heteroatoms. The Kier molecular flexibility index (Phi) is 13.2. The third-order valence-corrected chi connectivity index (χ3v) is 9.12. The van der Waals surface area contributed by atoms with Crippen molar-refractivity contribution in [2.45, 2.75) is 45.4 Å². The van der Waals surface area contributed by atoms with E-state index in [0.29, 0.717) is 30.8 Å². The minimum atomic E-state index is -0.436. The number of amides is 3. The fourth-order valence-electron chi connectivity index (χ4n) is 6.16. The number of carbonyl (C=O) groups excluding carboxylic acids is 3. The fraction of sp³-hybridized carbons (Fsp3) is 0.341. The fourth-order valence-corrected chi connectivity index (χ4v) is 6.16. The predicted octanol–water partition coefficient (Wildman–Crippen LogP) is 6.91. The summed E-state index contributed by atoms with van der Waals surface area (Å²) >= 11 is 0. The molecule has 0 radical (unpaired) electrons. The Morgan fingerprint density at radius 3 is 1.84 bits per heavy atom. The number of benzene rings is 4. The standard InChI is InChI=1S/C41H49N5O4/c1-4-24-44(2)39(47)34-18-14-31(15-19-34)29-42-30-32-16-20-35(21-17-32)40(48)45(3)27-28-46-25-22-36(23-26-46)50-41(49)43-38-13-9-8-12-37(38)33-10-6-5-7-11-33/h5-21,36,42H,4,22-30H2,1-3H3,(H,43,49). The number of hydrogen-bond acceptors (Lipinski definition) is 6. The van der Waals surface area contributed by atoms with Crippen molar-refractivity contribution in [1.82, 2.24) is 20.0 Å². The van der Waals surface area contributed by atoms with Crippen molar-refractivity contribution >= 4 is 23.6 Å². The smallest absolute Gasteiger partial charge is 0.411 e. The van der Waals surface area contributed by atoms with Gasteiger partial charge in [0, 0.05) is 76.6 Å². The van der Waals surface area contributed by atoms with Gasteiger partial charge >= 0.3 is 6.09 Å². The summed E-state index contributed by atoms with van der Waals surface area (Å²) < 4.78 is 5.78. The highest BCUT2D eigenvalue weighted by molar-refractivity contribution is 5.94. The molecule has 0 unspecified atom stereocenters. The van der Waals surface area contributed by atoms with Crippen molar-refractivity contribution < 1.29 is 19.1 Å². The minimum absolute atomic E-state index is 0.00518. The number of hydrogen-bond donors (Lipinski definition) is 2. The molecule has 1 fully saturated rings. The van der Waals surface area contributed by atoms with E-state index in [1.165, 1.54) is 0 Å². The lowest BCUT2D eigenvalue weighted by atomic mass is 10.0. The summed E-state index contributed by atoms with van der Waals surface area (Å²) in [5.74, 6) is 0.0384. The van der Waals surface area contributed by atoms with Gasteiger partial charge in [-0.3, -0.25) is 14.9 Å². The lowest BCUT2D eigenvalue weighted by molar-refractivity contribution is 0.0540. The van der Waals surface area contributed by atoms with Crippen LogP contribution in [0.5, 0.6) is 0 Å². The maximum atomic E-state index is 13.1. The average Bonchev–Trinajstić information content (AvgIpc) is 3.15. The zero-order valence-corrected chi connectivity index (χ0v) is 29.4. The molecule has 1 aliphatic heterocycles. The van der Waals surface area contributed by atoms with Crippen LogP contribution in [0.15, 0.2) is 103 Å². The Labute approximate surface area is 296 Å². The number of likely N-dealkylation sites (tertiary alicyclic amines) is 1. The SMILES string of the molecule is CCCN(C)C(=O)c1ccc(CNCc2ccc(C(=O)N(C)CCN3CCC(OC(=O)Nc4ccccc4-c4ccccc4)CC3)cc2)cc1. The van der Waals surface area contributed by atoms with Gasteiger partial charge < -0.3 is 24.8 Å². The zero-order valence-electron chi connectivity index (χ0n) is 29.4. The molecule has 5 rings (SSSR count). The number of carbonyl (C=O) groups is 3. The average molecular weight is 676 g/mol. The summed E-state index contributed by atoms with van der Waals surface area (Å²) in [5, 5.41) is 6.38. The van der Waals surface area contributed by atoms with Gasteiger partial charge in [-0.25, -0.2) is 4.79 Å². The van der Waals surface area contributed by atoms with E-state index in [1.807, 2.05) is 117 Å². The second-order valence-corrected chi connectivity index (χ2v) is 12.9. The van der Waals surface area contributed by atoms with E-state index in [2.05, 4.69) is 22.5 Å². The van der Waals surface area contributed by atoms with Crippen molar-refractivity contribution in [2.75, 3.05) is 52.1 Å². The zero-order chi connectivity index (χ0) is 35.3. The van der Waals surface area contributed by atoms with Gasteiger partial charge in [-0.15, -0.1) is 0 Å². The molecule has 4 aromatic rings. The maximum Gasteiger partial charge on any atom is 0.411 e. The molecular formula is C41H49N5O4. The molecule has 9 nitrogen and oxygen atoms in total. The van der Waals surface area contributed by atoms with Gasteiger partial charge in [0.05, 0.1) is 5.69 Å². The van der Waals surface area contributed by atoms with Gasteiger partial charge in [0.25, 0.3) is 11.8 Å². The summed E-state index contributed by atoms with van der Waals surface area (Å²) in [6, 6.07) is 33.2. The van der Waals surface area contributed by atoms with E-state index < -0.39 is 6.09 Å². The first kappa shape index (κ1) is 36.3. The van der Waals surface area contributed by atoms with Crippen LogP contribution in [0.3, 0.4) is 0 Å². The largest absolute Gasteiger partial charge is 0.446 e. The molecule has 0 aliphatic carbocycles. The lowest BCUT2D eigenvalue weighted by Crippen LogP contribution is -2.42. The second-order valence-electron chi connectivity index (χ2n) is 12.9. The molecule has 1 heterocycles. The number of ether oxygens (including phenoxy) is 1. The van der Waals surface area contributed by atoms with E-state index in [9.17, 15) is 14.4 Å². The van der Waals surface area contributed by atoms with Crippen LogP contribution >= 0.6 is 0 Å². The van der Waals surface area contributed by atoms with Crippen LogP contribution in [0.25, 0.3) is 11.1 Å². The van der Waals surface area contributed by atoms with Gasteiger partial charge in [0.15, 0.2) is 0 Å². The van der Waals surface area contributed by atoms with Crippen LogP contribution in [0, 0.1) is 0 Å². The van der Waals surface area contributed by atoms with Crippen LogP contribution in [0.1, 0.15) is 58.0 Å². The third kappa shape index (κ3) is 10.3. The molecule has 0 bridgehead atoms. The van der Waals surface area contributed by atoms with Gasteiger partial charge in [-0.1, -0.05) is 79.7 Å². The molecule has 0 saturated carbocycles. The highest BCUT2D eigenvalue weighted by Crippen LogP contribution is 2.28. The second kappa shape index (κ2) is 18.1. The minimum Gasteiger partial charge on any atom is -0.446 e. The monoisotopic (exact) mass is 675 g/mol. The number of anilines is 1. The predicted molar refractivity (Wildman–Crippen MR) is 199 cm³/mol. The molecule has 0 spiro atoms. The molecular weight excluding hydrogens is 626 g/mol. The van der Waals surface area contributed by atoms with Gasteiger partial charge in [-0.05, 0) is 66.3 Å². The van der Waals surface area contributed by atoms with Gasteiger partial charge in [0.1, 0.15) is 6.10 Å². The normalized spacial score (nSPS) is 13.4. The Balaban J connectivity index is 0.991. The topological polar surface area (TPSA) is 94.2 Å². The van der Waals surface area contributed by atoms with E-state index in [1.54, 1.807) is 9.80 Å². The Bertz CT molecular complexity index is 1690. The number of nitrogens with one attached hydrogen (secondary N) is 2. The highest BCUT2D eigenvalue weighted by atomic mass is 16.6. The van der Waals surface area contributed by atoms with E-state index in [-0.39, 0.29) is 17.9 Å². The quantitative estimate of drug-likeness (QED) is 0.151. The molecule has 2 N–H and O–H groups in total. The van der Waals surface area contributed by atoms with Crippen molar-refractivity contribution in [2.24, 2.45) is 0 Å². The first-order valence-electron chi connectivity index (χ1n) is 17.5. The van der Waals surface area contributed by atoms with Crippen LogP contribution < -0.4 is 10.6 Å². The number of nitrogens with zero attached hydrogens (tertiary/aromatic N) is 3. The van der Waals surface area contributed by atoms with Crippen LogP contribution in [0.4, 0.5) is 10.5 Å².